The van der Waals surface area contributed by atoms with E-state index >= 15 is 0 Å². The van der Waals surface area contributed by atoms with Gasteiger partial charge < -0.3 is 15.0 Å². The molecule has 0 aliphatic rings. The van der Waals surface area contributed by atoms with Crippen molar-refractivity contribution in [2.24, 2.45) is 5.73 Å². The molecule has 29 heavy (non-hydrogen) atoms. The van der Waals surface area contributed by atoms with E-state index in [9.17, 15) is 9.59 Å². The molecule has 5 nitrogen and oxygen atoms in total. The minimum absolute atomic E-state index is 0.00750. The number of ether oxygens (including phenoxy) is 1. The number of benzene rings is 2. The summed E-state index contributed by atoms with van der Waals surface area (Å²) >= 11 is 9.88. The summed E-state index contributed by atoms with van der Waals surface area (Å²) in [4.78, 5) is 24.6. The Bertz CT molecular complexity index is 1090. The standard InChI is InChI=1S/C22H22BrClN2O3/c1-3-4-18-21(20(27)12-29-2)16-8-6-13(22(25)28)9-19(16)26(18)11-14-5-7-15(23)10-17(14)24/h5-10H,3-4,11-12H2,1-2H3,(H2,25,28). The van der Waals surface area contributed by atoms with Crippen LogP contribution in [0.3, 0.4) is 0 Å². The molecule has 152 valence electrons. The Morgan fingerprint density at radius 3 is 2.59 bits per heavy atom. The van der Waals surface area contributed by atoms with Gasteiger partial charge in [-0.15, -0.1) is 0 Å². The second kappa shape index (κ2) is 9.11. The fourth-order valence-electron chi connectivity index (χ4n) is 3.57. The molecule has 3 rings (SSSR count). The molecule has 0 bridgehead atoms. The maximum absolute atomic E-state index is 12.9. The van der Waals surface area contributed by atoms with Crippen molar-refractivity contribution in [1.29, 1.82) is 0 Å². The van der Waals surface area contributed by atoms with Crippen molar-refractivity contribution in [3.05, 3.63) is 68.3 Å². The molecule has 7 heteroatoms. The number of hydrogen-bond acceptors (Lipinski definition) is 3. The summed E-state index contributed by atoms with van der Waals surface area (Å²) in [6.45, 7) is 2.53. The largest absolute Gasteiger partial charge is 0.377 e. The number of methoxy groups -OCH3 is 1. The van der Waals surface area contributed by atoms with Gasteiger partial charge in [0.1, 0.15) is 6.61 Å². The lowest BCUT2D eigenvalue weighted by Crippen LogP contribution is -2.12. The number of halogens is 2. The molecule has 0 radical (unpaired) electrons. The highest BCUT2D eigenvalue weighted by Crippen LogP contribution is 2.31. The number of fused-ring (bicyclic) bond motifs is 1. The first kappa shape index (κ1) is 21.6. The second-order valence-electron chi connectivity index (χ2n) is 6.85. The third-order valence-corrected chi connectivity index (χ3v) is 5.69. The Labute approximate surface area is 182 Å². The Morgan fingerprint density at radius 1 is 1.21 bits per heavy atom. The molecule has 1 amide bonds. The van der Waals surface area contributed by atoms with Crippen LogP contribution < -0.4 is 5.73 Å². The van der Waals surface area contributed by atoms with Gasteiger partial charge in [-0.05, 0) is 36.2 Å². The van der Waals surface area contributed by atoms with Crippen LogP contribution in [-0.4, -0.2) is 30.0 Å². The first-order valence-electron chi connectivity index (χ1n) is 9.28. The number of ketones is 1. The first-order chi connectivity index (χ1) is 13.9. The summed E-state index contributed by atoms with van der Waals surface area (Å²) < 4.78 is 8.05. The fraction of sp³-hybridized carbons (Fsp3) is 0.273. The summed E-state index contributed by atoms with van der Waals surface area (Å²) in [5, 5.41) is 1.41. The van der Waals surface area contributed by atoms with Crippen LogP contribution in [0.5, 0.6) is 0 Å². The van der Waals surface area contributed by atoms with E-state index in [-0.39, 0.29) is 12.4 Å². The van der Waals surface area contributed by atoms with E-state index in [4.69, 9.17) is 22.1 Å². The molecule has 1 aromatic heterocycles. The maximum Gasteiger partial charge on any atom is 0.248 e. The van der Waals surface area contributed by atoms with Crippen molar-refractivity contribution in [1.82, 2.24) is 4.57 Å². The number of aromatic nitrogens is 1. The molecule has 3 aromatic rings. The van der Waals surface area contributed by atoms with Crippen molar-refractivity contribution in [3.8, 4) is 0 Å². The second-order valence-corrected chi connectivity index (χ2v) is 8.17. The van der Waals surface area contributed by atoms with Gasteiger partial charge in [-0.2, -0.15) is 0 Å². The number of primary amides is 1. The van der Waals surface area contributed by atoms with Gasteiger partial charge >= 0.3 is 0 Å². The van der Waals surface area contributed by atoms with Crippen molar-refractivity contribution in [2.45, 2.75) is 26.3 Å². The fourth-order valence-corrected chi connectivity index (χ4v) is 4.30. The van der Waals surface area contributed by atoms with E-state index in [0.29, 0.717) is 29.1 Å². The molecule has 0 aliphatic heterocycles. The van der Waals surface area contributed by atoms with Crippen molar-refractivity contribution >= 4 is 50.1 Å². The molecular weight excluding hydrogens is 456 g/mol. The number of Topliss-reactive ketones (excluding diaryl/α,β-unsaturated/α-hetero) is 1. The van der Waals surface area contributed by atoms with Crippen LogP contribution in [0.1, 0.15) is 45.3 Å². The zero-order chi connectivity index (χ0) is 21.1. The van der Waals surface area contributed by atoms with Gasteiger partial charge in [0, 0.05) is 45.4 Å². The lowest BCUT2D eigenvalue weighted by Gasteiger charge is -2.13. The average Bonchev–Trinajstić information content (AvgIpc) is 2.97. The van der Waals surface area contributed by atoms with E-state index in [0.717, 1.165) is 33.1 Å². The average molecular weight is 478 g/mol. The number of amides is 1. The van der Waals surface area contributed by atoms with Crippen LogP contribution in [0, 0.1) is 0 Å². The molecule has 0 saturated carbocycles. The van der Waals surface area contributed by atoms with Gasteiger partial charge in [0.2, 0.25) is 5.91 Å². The monoisotopic (exact) mass is 476 g/mol. The van der Waals surface area contributed by atoms with Crippen LogP contribution in [0.15, 0.2) is 40.9 Å². The smallest absolute Gasteiger partial charge is 0.248 e. The highest BCUT2D eigenvalue weighted by atomic mass is 79.9. The normalized spacial score (nSPS) is 11.2. The number of carbonyl (C=O) groups is 2. The van der Waals surface area contributed by atoms with E-state index < -0.39 is 5.91 Å². The number of hydrogen-bond donors (Lipinski definition) is 1. The predicted molar refractivity (Wildman–Crippen MR) is 119 cm³/mol. The van der Waals surface area contributed by atoms with Crippen LogP contribution in [0.4, 0.5) is 0 Å². The van der Waals surface area contributed by atoms with Gasteiger partial charge in [-0.3, -0.25) is 9.59 Å². The van der Waals surface area contributed by atoms with E-state index in [1.165, 1.54) is 7.11 Å². The molecule has 0 atom stereocenters. The summed E-state index contributed by atoms with van der Waals surface area (Å²) in [6, 6.07) is 10.9. The minimum Gasteiger partial charge on any atom is -0.377 e. The molecule has 1 heterocycles. The summed E-state index contributed by atoms with van der Waals surface area (Å²) in [5.41, 5.74) is 9.13. The third kappa shape index (κ3) is 4.39. The van der Waals surface area contributed by atoms with Gasteiger partial charge in [-0.1, -0.05) is 53.0 Å². The van der Waals surface area contributed by atoms with Gasteiger partial charge in [0.05, 0.1) is 5.52 Å². The third-order valence-electron chi connectivity index (χ3n) is 4.84. The van der Waals surface area contributed by atoms with E-state index in [1.807, 2.05) is 18.2 Å². The number of carbonyl (C=O) groups excluding carboxylic acids is 2. The molecule has 0 spiro atoms. The molecule has 0 aliphatic carbocycles. The molecule has 2 N–H and O–H groups in total. The molecule has 0 fully saturated rings. The lowest BCUT2D eigenvalue weighted by molar-refractivity contribution is 0.0848. The highest BCUT2D eigenvalue weighted by Gasteiger charge is 2.23. The zero-order valence-electron chi connectivity index (χ0n) is 16.3. The van der Waals surface area contributed by atoms with Crippen molar-refractivity contribution in [2.75, 3.05) is 13.7 Å². The van der Waals surface area contributed by atoms with Crippen molar-refractivity contribution < 1.29 is 14.3 Å². The van der Waals surface area contributed by atoms with Gasteiger partial charge in [0.15, 0.2) is 5.78 Å². The molecule has 2 aromatic carbocycles. The Kier molecular flexibility index (Phi) is 6.77. The van der Waals surface area contributed by atoms with Crippen LogP contribution >= 0.6 is 27.5 Å². The van der Waals surface area contributed by atoms with E-state index in [2.05, 4.69) is 27.4 Å². The number of nitrogens with zero attached hydrogens (tertiary/aromatic N) is 1. The summed E-state index contributed by atoms with van der Waals surface area (Å²) in [5.74, 6) is -0.600. The maximum atomic E-state index is 12.9. The van der Waals surface area contributed by atoms with E-state index in [1.54, 1.807) is 18.2 Å². The SMILES string of the molecule is CCCc1c(C(=O)COC)c2ccc(C(N)=O)cc2n1Cc1ccc(Br)cc1Cl. The summed E-state index contributed by atoms with van der Waals surface area (Å²) in [6.07, 6.45) is 1.57. The zero-order valence-corrected chi connectivity index (χ0v) is 18.6. The lowest BCUT2D eigenvalue weighted by atomic mass is 10.0. The Hall–Kier alpha value is -2.15. The van der Waals surface area contributed by atoms with Crippen molar-refractivity contribution in [3.63, 3.8) is 0 Å². The molecular formula is C22H22BrClN2O3. The van der Waals surface area contributed by atoms with Crippen LogP contribution in [0.25, 0.3) is 10.9 Å². The summed E-state index contributed by atoms with van der Waals surface area (Å²) in [7, 11) is 1.50. The first-order valence-corrected chi connectivity index (χ1v) is 10.5. The minimum atomic E-state index is -0.511. The number of nitrogens with two attached hydrogens (primary N) is 1. The van der Waals surface area contributed by atoms with Crippen LogP contribution in [-0.2, 0) is 17.7 Å². The molecule has 0 unspecified atom stereocenters. The Morgan fingerprint density at radius 2 is 1.97 bits per heavy atom. The number of rotatable bonds is 8. The Balaban J connectivity index is 2.28. The quantitative estimate of drug-likeness (QED) is 0.465. The van der Waals surface area contributed by atoms with Gasteiger partial charge in [0.25, 0.3) is 0 Å². The highest BCUT2D eigenvalue weighted by molar-refractivity contribution is 9.10. The topological polar surface area (TPSA) is 74.3 Å². The van der Waals surface area contributed by atoms with Crippen LogP contribution in [0.2, 0.25) is 5.02 Å². The van der Waals surface area contributed by atoms with Gasteiger partial charge in [-0.25, -0.2) is 0 Å². The molecule has 0 saturated heterocycles. The predicted octanol–water partition coefficient (Wildman–Crippen LogP) is 4.99.